The highest BCUT2D eigenvalue weighted by atomic mass is 32.2. The van der Waals surface area contributed by atoms with Crippen molar-refractivity contribution in [3.05, 3.63) is 0 Å². The summed E-state index contributed by atoms with van der Waals surface area (Å²) in [5.41, 5.74) is -0.208. The molecule has 0 aliphatic rings. The van der Waals surface area contributed by atoms with E-state index in [1.54, 1.807) is 0 Å². The van der Waals surface area contributed by atoms with E-state index in [1.807, 2.05) is 23.5 Å². The molecule has 2 unspecified atom stereocenters. The van der Waals surface area contributed by atoms with Gasteiger partial charge in [-0.25, -0.2) is 0 Å². The predicted octanol–water partition coefficient (Wildman–Crippen LogP) is 10.0. The summed E-state index contributed by atoms with van der Waals surface area (Å²) in [6.07, 6.45) is 7.22. The molecule has 0 aromatic heterocycles. The highest BCUT2D eigenvalue weighted by Crippen LogP contribution is 2.37. The van der Waals surface area contributed by atoms with E-state index in [2.05, 4.69) is 93.3 Å². The fourth-order valence-electron chi connectivity index (χ4n) is 3.43. The van der Waals surface area contributed by atoms with Gasteiger partial charge in [-0.2, -0.15) is 20.5 Å². The number of hydrogen-bond donors (Lipinski definition) is 0. The summed E-state index contributed by atoms with van der Waals surface area (Å²) in [6.45, 7) is 26.3. The molecule has 0 heterocycles. The SMILES string of the molecule is CC(C)CC(C)(N=NC(C)(C)C)SCCCCCCSC(C)(CC(C)C)N=NC(C)(C)C. The van der Waals surface area contributed by atoms with Gasteiger partial charge in [-0.3, -0.25) is 0 Å². The molecule has 32 heavy (non-hydrogen) atoms. The molecule has 0 fully saturated rings. The van der Waals surface area contributed by atoms with Crippen molar-refractivity contribution in [1.82, 2.24) is 0 Å². The lowest BCUT2D eigenvalue weighted by Gasteiger charge is -2.27. The Morgan fingerprint density at radius 2 is 0.812 bits per heavy atom. The van der Waals surface area contributed by atoms with Gasteiger partial charge in [-0.1, -0.05) is 40.5 Å². The van der Waals surface area contributed by atoms with Crippen LogP contribution in [-0.2, 0) is 0 Å². The highest BCUT2D eigenvalue weighted by Gasteiger charge is 2.27. The van der Waals surface area contributed by atoms with E-state index in [-0.39, 0.29) is 20.8 Å². The normalized spacial score (nSPS) is 17.6. The molecular formula is C26H54N4S2. The van der Waals surface area contributed by atoms with Gasteiger partial charge in [-0.05, 0) is 104 Å². The van der Waals surface area contributed by atoms with Crippen molar-refractivity contribution in [2.24, 2.45) is 32.3 Å². The molecule has 4 nitrogen and oxygen atoms in total. The smallest absolute Gasteiger partial charge is 0.124 e. The van der Waals surface area contributed by atoms with Crippen LogP contribution in [0.2, 0.25) is 0 Å². The molecule has 2 atom stereocenters. The molecule has 0 aliphatic heterocycles. The first-order chi connectivity index (χ1) is 14.5. The second-order valence-electron chi connectivity index (χ2n) is 12.4. The van der Waals surface area contributed by atoms with Gasteiger partial charge in [0.25, 0.3) is 0 Å². The Bertz CT molecular complexity index is 511. The summed E-state index contributed by atoms with van der Waals surface area (Å²) in [4.78, 5) is -0.206. The van der Waals surface area contributed by atoms with Gasteiger partial charge in [0, 0.05) is 0 Å². The molecule has 0 bridgehead atoms. The molecule has 0 amide bonds. The number of azo groups is 2. The number of thioether (sulfide) groups is 2. The lowest BCUT2D eigenvalue weighted by Crippen LogP contribution is -2.22. The summed E-state index contributed by atoms with van der Waals surface area (Å²) in [5, 5.41) is 18.7. The first-order valence-electron chi connectivity index (χ1n) is 12.6. The van der Waals surface area contributed by atoms with E-state index in [0.29, 0.717) is 11.8 Å². The van der Waals surface area contributed by atoms with Crippen molar-refractivity contribution in [3.8, 4) is 0 Å². The van der Waals surface area contributed by atoms with Crippen molar-refractivity contribution in [2.75, 3.05) is 11.5 Å². The van der Waals surface area contributed by atoms with Crippen molar-refractivity contribution >= 4 is 23.5 Å². The predicted molar refractivity (Wildman–Crippen MR) is 148 cm³/mol. The minimum absolute atomic E-state index is 0.103. The van der Waals surface area contributed by atoms with Crippen LogP contribution in [0.25, 0.3) is 0 Å². The molecule has 0 saturated heterocycles. The Labute approximate surface area is 209 Å². The summed E-state index contributed by atoms with van der Waals surface area (Å²) in [6, 6.07) is 0. The number of unbranched alkanes of at least 4 members (excludes halogenated alkanes) is 3. The van der Waals surface area contributed by atoms with E-state index in [4.69, 9.17) is 10.2 Å². The van der Waals surface area contributed by atoms with Crippen molar-refractivity contribution in [2.45, 2.75) is 142 Å². The largest absolute Gasteiger partial charge is 0.187 e. The Balaban J connectivity index is 4.43. The summed E-state index contributed by atoms with van der Waals surface area (Å²) >= 11 is 3.97. The fourth-order valence-corrected chi connectivity index (χ4v) is 6.10. The Kier molecular flexibility index (Phi) is 14.3. The molecule has 0 aromatic carbocycles. The third kappa shape index (κ3) is 18.3. The third-order valence-electron chi connectivity index (χ3n) is 4.56. The average Bonchev–Trinajstić information content (AvgIpc) is 2.58. The second kappa shape index (κ2) is 14.3. The number of rotatable bonds is 15. The molecule has 0 spiro atoms. The van der Waals surface area contributed by atoms with Gasteiger partial charge in [0.05, 0.1) is 11.1 Å². The van der Waals surface area contributed by atoms with E-state index < -0.39 is 0 Å². The zero-order chi connectivity index (χ0) is 25.1. The van der Waals surface area contributed by atoms with Crippen LogP contribution in [0.3, 0.4) is 0 Å². The highest BCUT2D eigenvalue weighted by molar-refractivity contribution is 8.00. The van der Waals surface area contributed by atoms with Crippen LogP contribution in [0, 0.1) is 11.8 Å². The fraction of sp³-hybridized carbons (Fsp3) is 1.00. The summed E-state index contributed by atoms with van der Waals surface area (Å²) in [7, 11) is 0. The van der Waals surface area contributed by atoms with Crippen molar-refractivity contribution < 1.29 is 0 Å². The molecular weight excluding hydrogens is 432 g/mol. The Morgan fingerprint density at radius 1 is 0.500 bits per heavy atom. The standard InChI is InChI=1S/C26H54N4S2/c1-21(2)19-25(11,29-27-23(5,6)7)31-17-15-13-14-16-18-32-26(12,20-22(3)4)30-28-24(8,9)10/h21-22H,13-20H2,1-12H3. The Morgan fingerprint density at radius 3 is 1.06 bits per heavy atom. The summed E-state index contributed by atoms with van der Waals surface area (Å²) in [5.74, 6) is 3.56. The molecule has 6 heteroatoms. The molecule has 0 radical (unpaired) electrons. The van der Waals surface area contributed by atoms with Crippen LogP contribution in [0.5, 0.6) is 0 Å². The zero-order valence-electron chi connectivity index (χ0n) is 23.4. The lowest BCUT2D eigenvalue weighted by atomic mass is 10.1. The van der Waals surface area contributed by atoms with Gasteiger partial charge < -0.3 is 0 Å². The quantitative estimate of drug-likeness (QED) is 0.171. The van der Waals surface area contributed by atoms with Crippen LogP contribution < -0.4 is 0 Å². The number of hydrogen-bond acceptors (Lipinski definition) is 6. The molecule has 0 N–H and O–H groups in total. The van der Waals surface area contributed by atoms with Crippen LogP contribution in [0.15, 0.2) is 20.5 Å². The van der Waals surface area contributed by atoms with Crippen LogP contribution in [0.4, 0.5) is 0 Å². The maximum atomic E-state index is 4.76. The Hall–Kier alpha value is -0.100. The number of nitrogens with zero attached hydrogens (tertiary/aromatic N) is 4. The maximum absolute atomic E-state index is 4.76. The topological polar surface area (TPSA) is 49.4 Å². The van der Waals surface area contributed by atoms with Gasteiger partial charge in [0.1, 0.15) is 9.74 Å². The van der Waals surface area contributed by atoms with Gasteiger partial charge in [-0.15, -0.1) is 23.5 Å². The monoisotopic (exact) mass is 486 g/mol. The molecule has 0 saturated carbocycles. The van der Waals surface area contributed by atoms with Crippen LogP contribution in [0.1, 0.15) is 122 Å². The van der Waals surface area contributed by atoms with Gasteiger partial charge >= 0.3 is 0 Å². The van der Waals surface area contributed by atoms with E-state index in [0.717, 1.165) is 24.3 Å². The molecule has 190 valence electrons. The van der Waals surface area contributed by atoms with Gasteiger partial charge in [0.15, 0.2) is 0 Å². The minimum atomic E-state index is -0.104. The average molecular weight is 487 g/mol. The van der Waals surface area contributed by atoms with Crippen LogP contribution >= 0.6 is 23.5 Å². The van der Waals surface area contributed by atoms with E-state index in [9.17, 15) is 0 Å². The minimum Gasteiger partial charge on any atom is -0.187 e. The van der Waals surface area contributed by atoms with Crippen LogP contribution in [-0.4, -0.2) is 32.3 Å². The second-order valence-corrected chi connectivity index (χ2v) is 15.6. The lowest BCUT2D eigenvalue weighted by molar-refractivity contribution is 0.440. The molecule has 0 rings (SSSR count). The van der Waals surface area contributed by atoms with Crippen molar-refractivity contribution in [1.29, 1.82) is 0 Å². The first kappa shape index (κ1) is 31.9. The maximum Gasteiger partial charge on any atom is 0.124 e. The zero-order valence-corrected chi connectivity index (χ0v) is 25.0. The molecule has 0 aliphatic carbocycles. The first-order valence-corrected chi connectivity index (χ1v) is 14.6. The van der Waals surface area contributed by atoms with E-state index >= 15 is 0 Å². The summed E-state index contributed by atoms with van der Waals surface area (Å²) < 4.78 is 0. The van der Waals surface area contributed by atoms with Gasteiger partial charge in [0.2, 0.25) is 0 Å². The van der Waals surface area contributed by atoms with E-state index in [1.165, 1.54) is 25.7 Å². The van der Waals surface area contributed by atoms with Crippen molar-refractivity contribution in [3.63, 3.8) is 0 Å². The molecule has 0 aromatic rings. The third-order valence-corrected chi connectivity index (χ3v) is 7.29.